The van der Waals surface area contributed by atoms with E-state index in [1.807, 2.05) is 0 Å². The number of para-hydroxylation sites is 1. The number of nitrogens with one attached hydrogen (secondary N) is 1. The molecule has 0 aromatic heterocycles. The van der Waals surface area contributed by atoms with E-state index in [-0.39, 0.29) is 12.0 Å². The fourth-order valence-corrected chi connectivity index (χ4v) is 4.39. The molecule has 4 rings (SSSR count). The van der Waals surface area contributed by atoms with Gasteiger partial charge in [-0.3, -0.25) is 4.90 Å². The summed E-state index contributed by atoms with van der Waals surface area (Å²) in [6, 6.07) is 17.3. The lowest BCUT2D eigenvalue weighted by molar-refractivity contribution is 0.0414. The van der Waals surface area contributed by atoms with E-state index < -0.39 is 0 Å². The van der Waals surface area contributed by atoms with Crippen LogP contribution >= 0.6 is 0 Å². The van der Waals surface area contributed by atoms with Crippen molar-refractivity contribution in [3.8, 4) is 0 Å². The van der Waals surface area contributed by atoms with E-state index in [0.717, 1.165) is 51.9 Å². The molecule has 0 atom stereocenters. The van der Waals surface area contributed by atoms with Gasteiger partial charge in [0.25, 0.3) is 0 Å². The Labute approximate surface area is 150 Å². The molecule has 3 nitrogen and oxygen atoms in total. The zero-order valence-electron chi connectivity index (χ0n) is 14.9. The maximum Gasteiger partial charge on any atom is 0.0491 e. The molecule has 132 valence electrons. The number of benzene rings is 2. The number of anilines is 1. The van der Waals surface area contributed by atoms with Gasteiger partial charge in [-0.1, -0.05) is 48.5 Å². The summed E-state index contributed by atoms with van der Waals surface area (Å²) in [7, 11) is 0. The van der Waals surface area contributed by atoms with Crippen molar-refractivity contribution in [1.82, 2.24) is 4.90 Å². The third-order valence-corrected chi connectivity index (χ3v) is 6.00. The van der Waals surface area contributed by atoms with Crippen LogP contribution in [0.25, 0.3) is 0 Å². The second-order valence-corrected chi connectivity index (χ2v) is 7.72. The Hall–Kier alpha value is -1.84. The number of fused-ring (bicyclic) bond motifs is 1. The Morgan fingerprint density at radius 1 is 1.00 bits per heavy atom. The predicted octanol–water partition coefficient (Wildman–Crippen LogP) is 3.47. The topological polar surface area (TPSA) is 35.5 Å². The molecule has 0 unspecified atom stereocenters. The number of likely N-dealkylation sites (tertiary alicyclic amines) is 1. The smallest absolute Gasteiger partial charge is 0.0491 e. The molecule has 2 aromatic carbocycles. The van der Waals surface area contributed by atoms with Crippen molar-refractivity contribution in [2.24, 2.45) is 5.41 Å². The Morgan fingerprint density at radius 3 is 2.56 bits per heavy atom. The average Bonchev–Trinajstić information content (AvgIpc) is 3.14. The van der Waals surface area contributed by atoms with E-state index in [9.17, 15) is 5.11 Å². The molecule has 0 bridgehead atoms. The molecule has 2 aliphatic heterocycles. The summed E-state index contributed by atoms with van der Waals surface area (Å²) in [6.07, 6.45) is 4.27. The molecule has 2 aromatic rings. The average molecular weight is 336 g/mol. The summed E-state index contributed by atoms with van der Waals surface area (Å²) < 4.78 is 0. The Bertz CT molecular complexity index is 705. The van der Waals surface area contributed by atoms with Crippen LogP contribution in [-0.4, -0.2) is 36.2 Å². The fraction of sp³-hybridized carbons (Fsp3) is 0.455. The lowest BCUT2D eigenvalue weighted by Gasteiger charge is -2.41. The van der Waals surface area contributed by atoms with Gasteiger partial charge >= 0.3 is 0 Å². The molecule has 0 saturated carbocycles. The first-order valence-electron chi connectivity index (χ1n) is 9.50. The molecule has 3 heteroatoms. The normalized spacial score (nSPS) is 19.4. The molecular weight excluding hydrogens is 308 g/mol. The largest absolute Gasteiger partial charge is 0.396 e. The summed E-state index contributed by atoms with van der Waals surface area (Å²) in [6.45, 7) is 4.51. The van der Waals surface area contributed by atoms with Crippen molar-refractivity contribution in [2.75, 3.05) is 31.6 Å². The van der Waals surface area contributed by atoms with Gasteiger partial charge in [0, 0.05) is 25.4 Å². The molecule has 25 heavy (non-hydrogen) atoms. The third kappa shape index (κ3) is 3.58. The molecule has 0 radical (unpaired) electrons. The van der Waals surface area contributed by atoms with Gasteiger partial charge in [-0.05, 0) is 60.9 Å². The van der Waals surface area contributed by atoms with E-state index in [4.69, 9.17) is 0 Å². The molecule has 0 spiro atoms. The highest BCUT2D eigenvalue weighted by Crippen LogP contribution is 2.36. The molecule has 2 N–H and O–H groups in total. The van der Waals surface area contributed by atoms with Crippen molar-refractivity contribution < 1.29 is 5.11 Å². The second kappa shape index (κ2) is 7.19. The molecule has 1 fully saturated rings. The Kier molecular flexibility index (Phi) is 4.78. The van der Waals surface area contributed by atoms with Crippen LogP contribution in [0.5, 0.6) is 0 Å². The minimum Gasteiger partial charge on any atom is -0.396 e. The number of hydrogen-bond acceptors (Lipinski definition) is 3. The van der Waals surface area contributed by atoms with E-state index in [1.54, 1.807) is 0 Å². The Morgan fingerprint density at radius 2 is 1.80 bits per heavy atom. The van der Waals surface area contributed by atoms with Gasteiger partial charge < -0.3 is 10.4 Å². The second-order valence-electron chi connectivity index (χ2n) is 7.72. The maximum atomic E-state index is 10.1. The summed E-state index contributed by atoms with van der Waals surface area (Å²) in [4.78, 5) is 2.55. The highest BCUT2D eigenvalue weighted by molar-refractivity contribution is 5.61. The molecule has 0 amide bonds. The molecular formula is C22H28N2O. The number of aliphatic hydroxyl groups is 1. The first-order valence-corrected chi connectivity index (χ1v) is 9.50. The van der Waals surface area contributed by atoms with Crippen molar-refractivity contribution >= 4 is 5.69 Å². The maximum absolute atomic E-state index is 10.1. The van der Waals surface area contributed by atoms with Crippen LogP contribution < -0.4 is 5.32 Å². The van der Waals surface area contributed by atoms with Gasteiger partial charge in [0.1, 0.15) is 0 Å². The minimum absolute atomic E-state index is 0.0503. The molecule has 2 heterocycles. The van der Waals surface area contributed by atoms with Crippen LogP contribution in [0.1, 0.15) is 29.5 Å². The highest BCUT2D eigenvalue weighted by atomic mass is 16.3. The monoisotopic (exact) mass is 336 g/mol. The highest BCUT2D eigenvalue weighted by Gasteiger charge is 2.34. The van der Waals surface area contributed by atoms with Crippen LogP contribution in [0.2, 0.25) is 0 Å². The molecule has 2 aliphatic rings. The number of hydrogen-bond donors (Lipinski definition) is 2. The lowest BCUT2D eigenvalue weighted by Crippen LogP contribution is -2.42. The van der Waals surface area contributed by atoms with Crippen LogP contribution in [0.3, 0.4) is 0 Å². The van der Waals surface area contributed by atoms with Crippen LogP contribution in [0.15, 0.2) is 48.5 Å². The minimum atomic E-state index is 0.0503. The van der Waals surface area contributed by atoms with Crippen molar-refractivity contribution in [1.29, 1.82) is 0 Å². The quantitative estimate of drug-likeness (QED) is 0.877. The standard InChI is InChI=1S/C22H28N2O/c25-17-22(15-18-5-2-1-3-6-18)10-13-24(14-11-22)16-20-8-4-7-19-9-12-23-21(19)20/h1-8,23,25H,9-17H2. The Balaban J connectivity index is 1.40. The summed E-state index contributed by atoms with van der Waals surface area (Å²) >= 11 is 0. The van der Waals surface area contributed by atoms with Gasteiger partial charge in [-0.25, -0.2) is 0 Å². The van der Waals surface area contributed by atoms with Gasteiger partial charge in [-0.15, -0.1) is 0 Å². The number of aliphatic hydroxyl groups excluding tert-OH is 1. The van der Waals surface area contributed by atoms with Crippen LogP contribution in [-0.2, 0) is 19.4 Å². The third-order valence-electron chi connectivity index (χ3n) is 6.00. The number of piperidine rings is 1. The van der Waals surface area contributed by atoms with Gasteiger partial charge in [0.15, 0.2) is 0 Å². The van der Waals surface area contributed by atoms with Crippen molar-refractivity contribution in [3.05, 3.63) is 65.2 Å². The van der Waals surface area contributed by atoms with E-state index in [0.29, 0.717) is 0 Å². The first-order chi connectivity index (χ1) is 12.3. The van der Waals surface area contributed by atoms with Crippen LogP contribution in [0.4, 0.5) is 5.69 Å². The fourth-order valence-electron chi connectivity index (χ4n) is 4.39. The lowest BCUT2D eigenvalue weighted by atomic mass is 9.74. The van der Waals surface area contributed by atoms with E-state index in [1.165, 1.54) is 22.4 Å². The molecule has 0 aliphatic carbocycles. The zero-order valence-corrected chi connectivity index (χ0v) is 14.9. The molecule has 1 saturated heterocycles. The van der Waals surface area contributed by atoms with E-state index in [2.05, 4.69) is 58.7 Å². The predicted molar refractivity (Wildman–Crippen MR) is 103 cm³/mol. The number of rotatable bonds is 5. The SMILES string of the molecule is OCC1(Cc2ccccc2)CCN(Cc2cccc3c2NCC3)CC1. The van der Waals surface area contributed by atoms with Crippen molar-refractivity contribution in [2.45, 2.75) is 32.2 Å². The van der Waals surface area contributed by atoms with Gasteiger partial charge in [0.05, 0.1) is 0 Å². The van der Waals surface area contributed by atoms with E-state index >= 15 is 0 Å². The van der Waals surface area contributed by atoms with Crippen LogP contribution in [0, 0.1) is 5.41 Å². The van der Waals surface area contributed by atoms with Gasteiger partial charge in [-0.2, -0.15) is 0 Å². The zero-order chi connectivity index (χ0) is 17.1. The van der Waals surface area contributed by atoms with Gasteiger partial charge in [0.2, 0.25) is 0 Å². The summed E-state index contributed by atoms with van der Waals surface area (Å²) in [5.41, 5.74) is 5.65. The summed E-state index contributed by atoms with van der Waals surface area (Å²) in [5.74, 6) is 0. The van der Waals surface area contributed by atoms with Crippen molar-refractivity contribution in [3.63, 3.8) is 0 Å². The number of nitrogens with zero attached hydrogens (tertiary/aromatic N) is 1. The summed E-state index contributed by atoms with van der Waals surface area (Å²) in [5, 5.41) is 13.6. The first kappa shape index (κ1) is 16.6.